The Morgan fingerprint density at radius 2 is 1.28 bits per heavy atom. The fourth-order valence-electron chi connectivity index (χ4n) is 2.13. The summed E-state index contributed by atoms with van der Waals surface area (Å²) in [5.74, 6) is -1.26. The van der Waals surface area contributed by atoms with E-state index >= 15 is 0 Å². The van der Waals surface area contributed by atoms with Crippen molar-refractivity contribution < 1.29 is 53.2 Å². The minimum absolute atomic E-state index is 0. The molecule has 0 saturated heterocycles. The third-order valence-electron chi connectivity index (χ3n) is 3.31. The summed E-state index contributed by atoms with van der Waals surface area (Å²) in [5, 5.41) is 26.1. The number of para-hydroxylation sites is 2. The molecule has 2 N–H and O–H groups in total. The van der Waals surface area contributed by atoms with Crippen molar-refractivity contribution in [2.45, 2.75) is 0 Å². The number of aromatic carboxylic acids is 1. The fraction of sp³-hybridized carbons (Fsp3) is 0.158. The second-order valence-electron chi connectivity index (χ2n) is 4.79. The van der Waals surface area contributed by atoms with Crippen LogP contribution in [0.5, 0.6) is 11.5 Å². The van der Waals surface area contributed by atoms with E-state index in [1.54, 1.807) is 18.2 Å². The van der Waals surface area contributed by atoms with Crippen molar-refractivity contribution in [2.24, 2.45) is 0 Å². The van der Waals surface area contributed by atoms with Gasteiger partial charge in [0.05, 0.1) is 32.5 Å². The molecule has 2 aromatic carbocycles. The Balaban J connectivity index is 0. The maximum atomic E-state index is 11.2. The molecule has 0 aromatic heterocycles. The van der Waals surface area contributed by atoms with Crippen LogP contribution < -0.4 is 28.3 Å². The van der Waals surface area contributed by atoms with Gasteiger partial charge in [0.25, 0.3) is 0 Å². The zero-order chi connectivity index (χ0) is 20.4. The second kappa shape index (κ2) is 13.7. The number of rotatable bonds is 4. The Labute approximate surface area is 179 Å². The van der Waals surface area contributed by atoms with Gasteiger partial charge >= 0.3 is 30.8 Å². The molecule has 2 aromatic rings. The molecule has 9 nitrogen and oxygen atoms in total. The van der Waals surface area contributed by atoms with Crippen LogP contribution >= 0.6 is 0 Å². The van der Waals surface area contributed by atoms with Gasteiger partial charge in [0.2, 0.25) is 0 Å². The van der Waals surface area contributed by atoms with Crippen LogP contribution in [0.2, 0.25) is 0 Å². The number of carbonyl (C=O) groups excluding carboxylic acids is 1. The third kappa shape index (κ3) is 6.88. The molecular formula is C19H17LiN2O7. The van der Waals surface area contributed by atoms with E-state index in [4.69, 9.17) is 25.1 Å². The number of hydrogen-bond acceptors (Lipinski definition) is 8. The largest absolute Gasteiger partial charge is 1.00 e. The van der Waals surface area contributed by atoms with Crippen molar-refractivity contribution in [3.8, 4) is 23.6 Å². The first-order valence-electron chi connectivity index (χ1n) is 7.40. The molecule has 146 valence electrons. The van der Waals surface area contributed by atoms with Gasteiger partial charge in [-0.05, 0) is 24.3 Å². The average molecular weight is 392 g/mol. The summed E-state index contributed by atoms with van der Waals surface area (Å²) in [6.07, 6.45) is 0. The van der Waals surface area contributed by atoms with E-state index in [1.165, 1.54) is 39.5 Å². The third-order valence-corrected chi connectivity index (χ3v) is 3.31. The van der Waals surface area contributed by atoms with Crippen LogP contribution in [0.25, 0.3) is 0 Å². The molecule has 0 aliphatic carbocycles. The maximum Gasteiger partial charge on any atom is 1.00 e. The van der Waals surface area contributed by atoms with Crippen molar-refractivity contribution in [1.29, 1.82) is 10.5 Å². The van der Waals surface area contributed by atoms with Crippen molar-refractivity contribution in [3.05, 3.63) is 58.7 Å². The Hall–Kier alpha value is -3.48. The van der Waals surface area contributed by atoms with Gasteiger partial charge in [-0.2, -0.15) is 10.5 Å². The normalized spacial score (nSPS) is 8.31. The number of benzene rings is 2. The van der Waals surface area contributed by atoms with Crippen LogP contribution in [0, 0.1) is 22.7 Å². The van der Waals surface area contributed by atoms with E-state index in [2.05, 4.69) is 4.74 Å². The molecule has 0 amide bonds. The standard InChI is InChI=1S/C10H9NO3.C9H7NO3.Li.H2O/c1-13-9-7(6-11)4-3-5-8(9)10(12)14-2;1-13-8-6(5-10)3-2-4-7(8)9(11)12;;/h3-5H,1-2H3;2-4H,1H3,(H,11,12);;1H2/q;;+1;/p-1. The number of esters is 1. The van der Waals surface area contributed by atoms with Crippen molar-refractivity contribution in [2.75, 3.05) is 21.3 Å². The summed E-state index contributed by atoms with van der Waals surface area (Å²) >= 11 is 0. The number of methoxy groups -OCH3 is 3. The van der Waals surface area contributed by atoms with Gasteiger partial charge in [0, 0.05) is 0 Å². The van der Waals surface area contributed by atoms with Gasteiger partial charge in [-0.1, -0.05) is 12.1 Å². The van der Waals surface area contributed by atoms with Crippen molar-refractivity contribution >= 4 is 11.9 Å². The molecule has 0 fully saturated rings. The molecule has 0 bridgehead atoms. The van der Waals surface area contributed by atoms with E-state index in [0.29, 0.717) is 5.56 Å². The minimum atomic E-state index is -1.10. The molecule has 0 unspecified atom stereocenters. The first-order chi connectivity index (χ1) is 12.9. The summed E-state index contributed by atoms with van der Waals surface area (Å²) in [6.45, 7) is 0. The van der Waals surface area contributed by atoms with Crippen LogP contribution in [0.4, 0.5) is 0 Å². The second-order valence-corrected chi connectivity index (χ2v) is 4.79. The van der Waals surface area contributed by atoms with E-state index in [0.717, 1.165) is 0 Å². The summed E-state index contributed by atoms with van der Waals surface area (Å²) in [6, 6.07) is 12.9. The Morgan fingerprint density at radius 3 is 1.62 bits per heavy atom. The predicted molar refractivity (Wildman–Crippen MR) is 95.7 cm³/mol. The SMILES string of the molecule is COC(=O)c1cccc(C#N)c1OC.COc1c(C#N)cccc1C(=O)O.[Li+].[OH-]. The van der Waals surface area contributed by atoms with E-state index < -0.39 is 11.9 Å². The average Bonchev–Trinajstić information content (AvgIpc) is 2.71. The van der Waals surface area contributed by atoms with Crippen molar-refractivity contribution in [3.63, 3.8) is 0 Å². The molecule has 10 heteroatoms. The predicted octanol–water partition coefficient (Wildman–Crippen LogP) is -0.554. The van der Waals surface area contributed by atoms with Gasteiger partial charge in [0.1, 0.15) is 23.3 Å². The molecule has 0 saturated carbocycles. The molecule has 2 rings (SSSR count). The van der Waals surface area contributed by atoms with Crippen LogP contribution in [0.15, 0.2) is 36.4 Å². The van der Waals surface area contributed by atoms with Crippen LogP contribution in [0.3, 0.4) is 0 Å². The molecule has 0 aliphatic rings. The van der Waals surface area contributed by atoms with Crippen LogP contribution in [-0.4, -0.2) is 43.9 Å². The molecule has 29 heavy (non-hydrogen) atoms. The zero-order valence-corrected chi connectivity index (χ0v) is 16.3. The Kier molecular flexibility index (Phi) is 13.1. The van der Waals surface area contributed by atoms with Crippen molar-refractivity contribution in [1.82, 2.24) is 0 Å². The number of carbonyl (C=O) groups is 2. The first kappa shape index (κ1) is 27.7. The fourth-order valence-corrected chi connectivity index (χ4v) is 2.13. The quantitative estimate of drug-likeness (QED) is 0.531. The number of ether oxygens (including phenoxy) is 3. The van der Waals surface area contributed by atoms with Crippen LogP contribution in [0.1, 0.15) is 31.8 Å². The minimum Gasteiger partial charge on any atom is -0.870 e. The van der Waals surface area contributed by atoms with Gasteiger partial charge < -0.3 is 24.8 Å². The number of hydrogen-bond donors (Lipinski definition) is 1. The number of nitriles is 2. The van der Waals surface area contributed by atoms with Crippen LogP contribution in [-0.2, 0) is 4.74 Å². The van der Waals surface area contributed by atoms with Gasteiger partial charge in [-0.15, -0.1) is 0 Å². The summed E-state index contributed by atoms with van der Waals surface area (Å²) in [4.78, 5) is 21.9. The van der Waals surface area contributed by atoms with E-state index in [1.807, 2.05) is 12.1 Å². The molecular weight excluding hydrogens is 375 g/mol. The monoisotopic (exact) mass is 392 g/mol. The summed E-state index contributed by atoms with van der Waals surface area (Å²) in [7, 11) is 4.02. The van der Waals surface area contributed by atoms with Gasteiger partial charge in [-0.25, -0.2) is 9.59 Å². The molecule has 0 radical (unpaired) electrons. The number of carboxylic acids is 1. The summed E-state index contributed by atoms with van der Waals surface area (Å²) < 4.78 is 14.3. The van der Waals surface area contributed by atoms with Gasteiger partial charge in [0.15, 0.2) is 11.5 Å². The molecule has 0 heterocycles. The smallest absolute Gasteiger partial charge is 0.870 e. The van der Waals surface area contributed by atoms with E-state index in [-0.39, 0.29) is 52.5 Å². The Morgan fingerprint density at radius 1 is 0.862 bits per heavy atom. The maximum absolute atomic E-state index is 11.2. The number of nitrogens with zero attached hydrogens (tertiary/aromatic N) is 2. The topological polar surface area (TPSA) is 160 Å². The molecule has 0 atom stereocenters. The molecule has 0 spiro atoms. The number of carboxylic acid groups (broad SMARTS) is 1. The first-order valence-corrected chi connectivity index (χ1v) is 7.40. The van der Waals surface area contributed by atoms with E-state index in [9.17, 15) is 9.59 Å². The molecule has 0 aliphatic heterocycles. The zero-order valence-electron chi connectivity index (χ0n) is 16.3. The summed E-state index contributed by atoms with van der Waals surface area (Å²) in [5.41, 5.74) is 0.799. The van der Waals surface area contributed by atoms with Gasteiger partial charge in [-0.3, -0.25) is 0 Å². The Bertz CT molecular complexity index is 933.